The molecule has 0 aliphatic carbocycles. The van der Waals surface area contributed by atoms with E-state index in [1.165, 1.54) is 7.11 Å². The van der Waals surface area contributed by atoms with Gasteiger partial charge in [0.25, 0.3) is 0 Å². The van der Waals surface area contributed by atoms with Crippen LogP contribution in [0, 0.1) is 0 Å². The second kappa shape index (κ2) is 6.07. The van der Waals surface area contributed by atoms with Gasteiger partial charge in [-0.3, -0.25) is 9.72 Å². The van der Waals surface area contributed by atoms with E-state index in [1.54, 1.807) is 47.3 Å². The molecule has 116 valence electrons. The smallest absolute Gasteiger partial charge is 0.453 e. The number of amides is 1. The maximum Gasteiger partial charge on any atom is 0.489 e. The molecule has 0 saturated carbocycles. The molecule has 3 N–H and O–H groups in total. The lowest BCUT2D eigenvalue weighted by atomic mass is 9.82. The largest absolute Gasteiger partial charge is 0.489 e. The molecule has 0 spiro atoms. The summed E-state index contributed by atoms with van der Waals surface area (Å²) < 4.78 is 6.23. The van der Waals surface area contributed by atoms with Crippen molar-refractivity contribution in [2.75, 3.05) is 12.4 Å². The van der Waals surface area contributed by atoms with Crippen LogP contribution in [0.15, 0.2) is 42.9 Å². The molecule has 0 saturated heterocycles. The van der Waals surface area contributed by atoms with Crippen LogP contribution < -0.4 is 10.8 Å². The molecule has 0 fully saturated rings. The average molecular weight is 312 g/mol. The van der Waals surface area contributed by atoms with E-state index in [4.69, 9.17) is 0 Å². The van der Waals surface area contributed by atoms with Gasteiger partial charge in [0.05, 0.1) is 19.0 Å². The Bertz CT molecular complexity index is 848. The summed E-state index contributed by atoms with van der Waals surface area (Å²) in [5.41, 5.74) is 2.52. The summed E-state index contributed by atoms with van der Waals surface area (Å²) in [4.78, 5) is 19.5. The van der Waals surface area contributed by atoms with E-state index in [-0.39, 0.29) is 0 Å². The molecule has 0 unspecified atom stereocenters. The lowest BCUT2D eigenvalue weighted by Crippen LogP contribution is -2.30. The van der Waals surface area contributed by atoms with Crippen LogP contribution in [0.3, 0.4) is 0 Å². The van der Waals surface area contributed by atoms with Crippen molar-refractivity contribution in [2.24, 2.45) is 0 Å². The molecular formula is C14H13BN4O4. The Hall–Kier alpha value is -2.91. The number of carbonyl (C=O) groups is 1. The highest BCUT2D eigenvalue weighted by Gasteiger charge is 2.14. The third-order valence-electron chi connectivity index (χ3n) is 3.30. The predicted octanol–water partition coefficient (Wildman–Crippen LogP) is 0.254. The Balaban J connectivity index is 1.96. The fourth-order valence-electron chi connectivity index (χ4n) is 2.14. The number of nitrogens with zero attached hydrogens (tertiary/aromatic N) is 3. The summed E-state index contributed by atoms with van der Waals surface area (Å²) in [6.07, 6.45) is 4.24. The zero-order valence-corrected chi connectivity index (χ0v) is 12.2. The van der Waals surface area contributed by atoms with Gasteiger partial charge in [0.1, 0.15) is 11.5 Å². The van der Waals surface area contributed by atoms with Crippen molar-refractivity contribution < 1.29 is 19.6 Å². The van der Waals surface area contributed by atoms with Crippen molar-refractivity contribution in [3.8, 4) is 11.3 Å². The van der Waals surface area contributed by atoms with Crippen LogP contribution in [0.2, 0.25) is 0 Å². The van der Waals surface area contributed by atoms with E-state index in [1.807, 2.05) is 0 Å². The maximum absolute atomic E-state index is 11.1. The van der Waals surface area contributed by atoms with Crippen LogP contribution in [0.1, 0.15) is 0 Å². The van der Waals surface area contributed by atoms with Crippen molar-refractivity contribution in [2.45, 2.75) is 0 Å². The number of ether oxygens (including phenoxy) is 1. The average Bonchev–Trinajstić information content (AvgIpc) is 2.98. The van der Waals surface area contributed by atoms with Crippen molar-refractivity contribution >= 4 is 30.1 Å². The second-order valence-corrected chi connectivity index (χ2v) is 4.76. The van der Waals surface area contributed by atoms with E-state index in [0.717, 1.165) is 11.3 Å². The number of hydrogen-bond acceptors (Lipinski definition) is 6. The first kappa shape index (κ1) is 15.0. The highest BCUT2D eigenvalue weighted by atomic mass is 16.5. The Labute approximate surface area is 131 Å². The Kier molecular flexibility index (Phi) is 3.96. The van der Waals surface area contributed by atoms with E-state index in [0.29, 0.717) is 16.9 Å². The molecule has 0 radical (unpaired) electrons. The van der Waals surface area contributed by atoms with Crippen LogP contribution in [0.4, 0.5) is 10.6 Å². The number of carbonyl (C=O) groups excluding carboxylic acids is 1. The molecule has 0 aliphatic heterocycles. The fourth-order valence-corrected chi connectivity index (χ4v) is 2.14. The molecule has 0 aromatic carbocycles. The molecule has 8 nitrogen and oxygen atoms in total. The van der Waals surface area contributed by atoms with Crippen LogP contribution in [0.25, 0.3) is 16.9 Å². The van der Waals surface area contributed by atoms with Crippen LogP contribution in [-0.2, 0) is 4.74 Å². The fraction of sp³-hybridized carbons (Fsp3) is 0.0714. The number of hydrogen-bond donors (Lipinski definition) is 3. The number of aromatic nitrogens is 3. The normalized spacial score (nSPS) is 10.6. The minimum atomic E-state index is -1.56. The number of methoxy groups -OCH3 is 1. The number of fused-ring (bicyclic) bond motifs is 1. The second-order valence-electron chi connectivity index (χ2n) is 4.76. The minimum Gasteiger partial charge on any atom is -0.453 e. The van der Waals surface area contributed by atoms with Crippen molar-refractivity contribution in [3.05, 3.63) is 42.9 Å². The molecule has 1 amide bonds. The van der Waals surface area contributed by atoms with E-state index in [9.17, 15) is 14.8 Å². The van der Waals surface area contributed by atoms with Gasteiger partial charge in [0.15, 0.2) is 0 Å². The first-order chi connectivity index (χ1) is 11.1. The lowest BCUT2D eigenvalue weighted by Gasteiger charge is -2.06. The SMILES string of the molecule is COC(=O)Nc1ccc(-c2cnc3ccc(B(O)O)cn23)cn1. The molecule has 0 atom stereocenters. The molecule has 3 rings (SSSR count). The maximum atomic E-state index is 11.1. The summed E-state index contributed by atoms with van der Waals surface area (Å²) in [6, 6.07) is 6.69. The Morgan fingerprint density at radius 3 is 2.70 bits per heavy atom. The topological polar surface area (TPSA) is 109 Å². The minimum absolute atomic E-state index is 0.355. The van der Waals surface area contributed by atoms with Gasteiger partial charge in [-0.25, -0.2) is 14.8 Å². The quantitative estimate of drug-likeness (QED) is 0.598. The third kappa shape index (κ3) is 3.00. The Morgan fingerprint density at radius 1 is 1.22 bits per heavy atom. The molecule has 3 aromatic rings. The summed E-state index contributed by atoms with van der Waals surface area (Å²) in [5.74, 6) is 0.362. The Morgan fingerprint density at radius 2 is 2.04 bits per heavy atom. The van der Waals surface area contributed by atoms with Gasteiger partial charge in [-0.1, -0.05) is 6.07 Å². The van der Waals surface area contributed by atoms with Crippen LogP contribution in [0.5, 0.6) is 0 Å². The van der Waals surface area contributed by atoms with E-state index >= 15 is 0 Å². The van der Waals surface area contributed by atoms with Crippen molar-refractivity contribution in [1.29, 1.82) is 0 Å². The number of imidazole rings is 1. The van der Waals surface area contributed by atoms with Crippen molar-refractivity contribution in [1.82, 2.24) is 14.4 Å². The van der Waals surface area contributed by atoms with Gasteiger partial charge in [-0.15, -0.1) is 0 Å². The van der Waals surface area contributed by atoms with Gasteiger partial charge < -0.3 is 14.8 Å². The lowest BCUT2D eigenvalue weighted by molar-refractivity contribution is 0.187. The summed E-state index contributed by atoms with van der Waals surface area (Å²) in [6.45, 7) is 0. The standard InChI is InChI=1S/C14H13BN4O4/c1-23-14(20)18-12-4-2-9(6-16-12)11-7-17-13-5-3-10(15(21)22)8-19(11)13/h2-8,21-22H,1H3,(H,16,18,20). The molecule has 0 bridgehead atoms. The zero-order valence-electron chi connectivity index (χ0n) is 12.2. The van der Waals surface area contributed by atoms with Gasteiger partial charge in [0.2, 0.25) is 0 Å². The van der Waals surface area contributed by atoms with Crippen molar-refractivity contribution in [3.63, 3.8) is 0 Å². The number of nitrogens with one attached hydrogen (secondary N) is 1. The van der Waals surface area contributed by atoms with E-state index < -0.39 is 13.2 Å². The van der Waals surface area contributed by atoms with Gasteiger partial charge in [-0.05, 0) is 23.7 Å². The number of rotatable bonds is 3. The third-order valence-corrected chi connectivity index (χ3v) is 3.30. The molecule has 3 heterocycles. The predicted molar refractivity (Wildman–Crippen MR) is 84.3 cm³/mol. The molecule has 9 heteroatoms. The van der Waals surface area contributed by atoms with Crippen LogP contribution >= 0.6 is 0 Å². The summed E-state index contributed by atoms with van der Waals surface area (Å²) >= 11 is 0. The summed E-state index contributed by atoms with van der Waals surface area (Å²) in [7, 11) is -0.283. The highest BCUT2D eigenvalue weighted by Crippen LogP contribution is 2.20. The van der Waals surface area contributed by atoms with Gasteiger partial charge in [-0.2, -0.15) is 0 Å². The number of pyridine rings is 2. The number of anilines is 1. The first-order valence-corrected chi connectivity index (χ1v) is 6.73. The van der Waals surface area contributed by atoms with Gasteiger partial charge in [0, 0.05) is 18.0 Å². The highest BCUT2D eigenvalue weighted by molar-refractivity contribution is 6.58. The summed E-state index contributed by atoms with van der Waals surface area (Å²) in [5, 5.41) is 21.0. The van der Waals surface area contributed by atoms with E-state index in [2.05, 4.69) is 20.0 Å². The monoisotopic (exact) mass is 312 g/mol. The first-order valence-electron chi connectivity index (χ1n) is 6.73. The molecule has 0 aliphatic rings. The van der Waals surface area contributed by atoms with Gasteiger partial charge >= 0.3 is 13.2 Å². The molecule has 23 heavy (non-hydrogen) atoms. The van der Waals surface area contributed by atoms with Crippen LogP contribution in [-0.4, -0.2) is 44.7 Å². The molecular weight excluding hydrogens is 299 g/mol. The molecule has 3 aromatic heterocycles. The zero-order chi connectivity index (χ0) is 16.4.